The number of hydrogen-bond acceptors (Lipinski definition) is 8. The molecule has 0 unspecified atom stereocenters. The van der Waals surface area contributed by atoms with Gasteiger partial charge in [-0.2, -0.15) is 9.97 Å². The van der Waals surface area contributed by atoms with Gasteiger partial charge < -0.3 is 29.5 Å². The van der Waals surface area contributed by atoms with Crippen molar-refractivity contribution in [2.75, 3.05) is 69.3 Å². The van der Waals surface area contributed by atoms with Crippen LogP contribution >= 0.6 is 0 Å². The lowest BCUT2D eigenvalue weighted by molar-refractivity contribution is -0.126. The van der Waals surface area contributed by atoms with Gasteiger partial charge in [-0.05, 0) is 50.6 Å². The van der Waals surface area contributed by atoms with Crippen molar-refractivity contribution in [1.29, 1.82) is 0 Å². The second kappa shape index (κ2) is 11.7. The Bertz CT molecular complexity index is 1530. The minimum atomic E-state index is -2.73. The molecule has 5 heterocycles. The van der Waals surface area contributed by atoms with Crippen LogP contribution in [0.15, 0.2) is 30.5 Å². The van der Waals surface area contributed by atoms with Crippen LogP contribution < -0.4 is 14.5 Å². The normalized spacial score (nSPS) is 20.8. The van der Waals surface area contributed by atoms with Crippen molar-refractivity contribution in [3.63, 3.8) is 0 Å². The maximum atomic E-state index is 14.0. The zero-order valence-electron chi connectivity index (χ0n) is 24.9. The highest BCUT2D eigenvalue weighted by atomic mass is 19.3. The number of anilines is 2. The fraction of sp³-hybridized carbons (Fsp3) is 0.516. The Morgan fingerprint density at radius 3 is 2.70 bits per heavy atom. The minimum absolute atomic E-state index is 0.0778. The van der Waals surface area contributed by atoms with Crippen LogP contribution in [0.25, 0.3) is 10.9 Å². The number of H-pyrrole nitrogens is 1. The summed E-state index contributed by atoms with van der Waals surface area (Å²) in [5.74, 6) is -2.07. The second-order valence-corrected chi connectivity index (χ2v) is 11.9. The van der Waals surface area contributed by atoms with E-state index in [-0.39, 0.29) is 38.1 Å². The molecule has 0 bridgehead atoms. The van der Waals surface area contributed by atoms with Crippen molar-refractivity contribution in [1.82, 2.24) is 24.8 Å². The maximum absolute atomic E-state index is 14.0. The van der Waals surface area contributed by atoms with Crippen molar-refractivity contribution in [3.8, 4) is 6.01 Å². The zero-order chi connectivity index (χ0) is 30.3. The number of aromatic amines is 1. The van der Waals surface area contributed by atoms with E-state index in [1.165, 1.54) is 34.4 Å². The van der Waals surface area contributed by atoms with Gasteiger partial charge >= 0.3 is 6.01 Å². The van der Waals surface area contributed by atoms with Crippen LogP contribution in [0.2, 0.25) is 0 Å². The van der Waals surface area contributed by atoms with E-state index < -0.39 is 12.0 Å². The summed E-state index contributed by atoms with van der Waals surface area (Å²) in [6.45, 7) is 7.46. The fourth-order valence-corrected chi connectivity index (χ4v) is 6.55. The third-order valence-electron chi connectivity index (χ3n) is 8.98. The van der Waals surface area contributed by atoms with Gasteiger partial charge in [0.1, 0.15) is 12.4 Å². The average molecular weight is 596 g/mol. The van der Waals surface area contributed by atoms with Gasteiger partial charge in [-0.25, -0.2) is 8.78 Å². The molecule has 2 aromatic heterocycles. The second-order valence-electron chi connectivity index (χ2n) is 11.9. The number of fused-ring (bicyclic) bond motifs is 2. The number of likely N-dealkylation sites (N-methyl/N-ethyl adjacent to an activating group) is 1. The molecular weight excluding hydrogens is 556 g/mol. The number of carbonyl (C=O) groups is 1. The summed E-state index contributed by atoms with van der Waals surface area (Å²) in [6.07, 6.45) is 5.29. The van der Waals surface area contributed by atoms with E-state index in [2.05, 4.69) is 40.8 Å². The summed E-state index contributed by atoms with van der Waals surface area (Å²) in [5.41, 5.74) is 6.64. The number of rotatable bonds is 7. The molecule has 0 spiro atoms. The molecule has 12 heteroatoms. The topological polar surface area (TPSA) is 101 Å². The zero-order valence-corrected chi connectivity index (χ0v) is 24.9. The quantitative estimate of drug-likeness (QED) is 0.402. The third kappa shape index (κ3) is 5.90. The van der Waals surface area contributed by atoms with Gasteiger partial charge in [-0.3, -0.25) is 9.69 Å². The first-order valence-corrected chi connectivity index (χ1v) is 14.9. The summed E-state index contributed by atoms with van der Waals surface area (Å²) in [6, 6.07) is 4.05. The number of carbonyl (C=O) groups excluding carboxylic acids is 1. The number of nitrogens with one attached hydrogen (secondary N) is 1. The Kier molecular flexibility index (Phi) is 7.99. The summed E-state index contributed by atoms with van der Waals surface area (Å²) in [7, 11) is 1.69. The van der Waals surface area contributed by atoms with E-state index in [9.17, 15) is 13.6 Å². The number of aliphatic hydroxyl groups is 1. The fourth-order valence-electron chi connectivity index (χ4n) is 6.55. The largest absolute Gasteiger partial charge is 0.462 e. The van der Waals surface area contributed by atoms with Gasteiger partial charge in [0, 0.05) is 79.6 Å². The van der Waals surface area contributed by atoms with E-state index in [1.54, 1.807) is 16.8 Å². The van der Waals surface area contributed by atoms with Crippen molar-refractivity contribution in [2.24, 2.45) is 0 Å². The first kappa shape index (κ1) is 29.3. The molecule has 2 N–H and O–H groups in total. The van der Waals surface area contributed by atoms with E-state index in [0.29, 0.717) is 32.7 Å². The maximum Gasteiger partial charge on any atom is 0.318 e. The highest BCUT2D eigenvalue weighted by molar-refractivity contribution is 5.95. The Hall–Kier alpha value is -3.77. The Morgan fingerprint density at radius 1 is 1.19 bits per heavy atom. The highest BCUT2D eigenvalue weighted by Gasteiger charge is 2.43. The highest BCUT2D eigenvalue weighted by Crippen LogP contribution is 2.38. The summed E-state index contributed by atoms with van der Waals surface area (Å²) in [5, 5.41) is 10.2. The van der Waals surface area contributed by atoms with Crippen LogP contribution in [0.3, 0.4) is 0 Å². The molecule has 3 aliphatic heterocycles. The van der Waals surface area contributed by atoms with Gasteiger partial charge in [0.2, 0.25) is 5.91 Å². The van der Waals surface area contributed by atoms with Crippen molar-refractivity contribution < 1.29 is 23.4 Å². The molecule has 2 fully saturated rings. The number of ether oxygens (including phenoxy) is 1. The Morgan fingerprint density at radius 2 is 1.98 bits per heavy atom. The molecule has 0 saturated carbocycles. The molecule has 230 valence electrons. The monoisotopic (exact) mass is 595 g/mol. The molecule has 43 heavy (non-hydrogen) atoms. The number of hydrogen-bond donors (Lipinski definition) is 2. The van der Waals surface area contributed by atoms with Gasteiger partial charge in [-0.1, -0.05) is 6.08 Å². The van der Waals surface area contributed by atoms with Crippen LogP contribution in [0.1, 0.15) is 28.8 Å². The molecular formula is C31H39F2N7O3. The van der Waals surface area contributed by atoms with Crippen molar-refractivity contribution in [3.05, 3.63) is 52.9 Å². The van der Waals surface area contributed by atoms with E-state index in [1.807, 2.05) is 6.20 Å². The van der Waals surface area contributed by atoms with Crippen molar-refractivity contribution in [2.45, 2.75) is 45.2 Å². The molecule has 0 radical (unpaired) electrons. The molecule has 1 aromatic carbocycles. The summed E-state index contributed by atoms with van der Waals surface area (Å²) >= 11 is 0. The third-order valence-corrected chi connectivity index (χ3v) is 8.98. The van der Waals surface area contributed by atoms with Gasteiger partial charge in [-0.15, -0.1) is 0 Å². The minimum Gasteiger partial charge on any atom is -0.462 e. The number of amides is 1. The number of aryl methyl sites for hydroxylation is 1. The molecule has 1 atom stereocenters. The van der Waals surface area contributed by atoms with Crippen LogP contribution in [0.5, 0.6) is 6.01 Å². The van der Waals surface area contributed by atoms with Gasteiger partial charge in [0.15, 0.2) is 0 Å². The molecule has 0 aliphatic carbocycles. The molecule has 6 rings (SSSR count). The number of aliphatic hydroxyl groups excluding tert-OH is 1. The summed E-state index contributed by atoms with van der Waals surface area (Å²) < 4.78 is 34.1. The molecule has 1 amide bonds. The Labute approximate surface area is 249 Å². The number of aromatic nitrogens is 3. The van der Waals surface area contributed by atoms with E-state index in [4.69, 9.17) is 19.8 Å². The van der Waals surface area contributed by atoms with E-state index in [0.717, 1.165) is 35.6 Å². The van der Waals surface area contributed by atoms with Crippen molar-refractivity contribution >= 4 is 28.3 Å². The lowest BCUT2D eigenvalue weighted by Gasteiger charge is -2.38. The first-order chi connectivity index (χ1) is 20.6. The number of piperazine rings is 1. The number of alkyl halides is 2. The molecule has 2 saturated heterocycles. The summed E-state index contributed by atoms with van der Waals surface area (Å²) in [4.78, 5) is 33.4. The first-order valence-electron chi connectivity index (χ1n) is 14.9. The van der Waals surface area contributed by atoms with E-state index >= 15 is 0 Å². The lowest BCUT2D eigenvalue weighted by Crippen LogP contribution is -2.49. The average Bonchev–Trinajstić information content (AvgIpc) is 3.56. The van der Waals surface area contributed by atoms with Gasteiger partial charge in [0.25, 0.3) is 5.92 Å². The smallest absolute Gasteiger partial charge is 0.318 e. The number of nitrogens with zero attached hydrogens (tertiary/aromatic N) is 6. The van der Waals surface area contributed by atoms with Crippen LogP contribution in [-0.4, -0.2) is 107 Å². The number of halogens is 2. The SMILES string of the molecule is Cc1cc2[nH]ccc2c(N2CCc3c(nc(OC[C@@H]4CC(F)(F)CN4C)nc3N3CCN(C(=O)/C=C/CO)CC3)C2)c1C. The van der Waals surface area contributed by atoms with Crippen LogP contribution in [0, 0.1) is 13.8 Å². The lowest BCUT2D eigenvalue weighted by atomic mass is 9.99. The Balaban J connectivity index is 1.29. The van der Waals surface area contributed by atoms with Crippen LogP contribution in [-0.2, 0) is 17.8 Å². The molecule has 3 aliphatic rings. The standard InChI is InChI=1S/C31H39F2N7O3/c1-20-15-25-23(6-8-34-25)28(21(20)2)40-9-7-24-26(17-40)35-30(43-18-22-16-31(32,33)19-37(22)3)36-29(24)39-12-10-38(11-13-39)27(42)5-4-14-41/h4-6,8,15,22,34,41H,7,9-14,16-19H2,1-3H3/b5-4+/t22-/m0/s1. The predicted molar refractivity (Wildman–Crippen MR) is 161 cm³/mol. The number of benzene rings is 1. The molecule has 10 nitrogen and oxygen atoms in total. The number of likely N-dealkylation sites (tertiary alicyclic amines) is 1. The predicted octanol–water partition coefficient (Wildman–Crippen LogP) is 3.05. The van der Waals surface area contributed by atoms with Crippen LogP contribution in [0.4, 0.5) is 20.3 Å². The van der Waals surface area contributed by atoms with Gasteiger partial charge in [0.05, 0.1) is 25.4 Å². The molecule has 3 aromatic rings.